The third-order valence-electron chi connectivity index (χ3n) is 10.7. The van der Waals surface area contributed by atoms with E-state index in [1.54, 1.807) is 0 Å². The lowest BCUT2D eigenvalue weighted by Crippen LogP contribution is -2.21. The molecule has 55 heavy (non-hydrogen) atoms. The summed E-state index contributed by atoms with van der Waals surface area (Å²) in [5.41, 5.74) is 0. The molecule has 0 aliphatic carbocycles. The number of hydrogen-bond acceptors (Lipinski definition) is 5. The first kappa shape index (κ1) is 50.3. The van der Waals surface area contributed by atoms with Crippen molar-refractivity contribution in [1.82, 2.24) is 4.90 Å². The summed E-state index contributed by atoms with van der Waals surface area (Å²) in [5.74, 6) is -0.898. The maximum atomic E-state index is 12.5. The van der Waals surface area contributed by atoms with E-state index in [4.69, 9.17) is 14.9 Å². The van der Waals surface area contributed by atoms with Gasteiger partial charge in [-0.15, -0.1) is 0 Å². The lowest BCUT2D eigenvalue weighted by atomic mass is 9.95. The molecule has 0 amide bonds. The first-order valence-corrected chi connectivity index (χ1v) is 22.9. The molecule has 2 N–H and O–H groups in total. The number of carboxylic acid groups (broad SMARTS) is 2. The Bertz CT molecular complexity index is 965. The Morgan fingerprint density at radius 2 is 0.855 bits per heavy atom. The van der Waals surface area contributed by atoms with Crippen LogP contribution in [0.4, 0.5) is 0 Å². The maximum Gasteiger partial charge on any atom is 0.305 e. The molecule has 0 bridgehead atoms. The van der Waals surface area contributed by atoms with E-state index in [1.165, 1.54) is 103 Å². The average Bonchev–Trinajstić information content (AvgIpc) is 3.69. The second-order valence-corrected chi connectivity index (χ2v) is 15.9. The van der Waals surface area contributed by atoms with Crippen molar-refractivity contribution in [3.63, 3.8) is 0 Å². The first-order chi connectivity index (χ1) is 27.0. The van der Waals surface area contributed by atoms with Gasteiger partial charge in [0.1, 0.15) is 0 Å². The van der Waals surface area contributed by atoms with Gasteiger partial charge < -0.3 is 19.8 Å². The molecule has 1 rings (SSSR count). The largest absolute Gasteiger partial charge is 0.481 e. The molecule has 316 valence electrons. The number of likely N-dealkylation sites (tertiary alicyclic amines) is 1. The molecular formula is C48H83NO6. The lowest BCUT2D eigenvalue weighted by Gasteiger charge is -2.18. The number of allylic oxidation sites excluding steroid dienone is 8. The summed E-state index contributed by atoms with van der Waals surface area (Å²) in [6, 6.07) is 0. The van der Waals surface area contributed by atoms with Gasteiger partial charge in [-0.3, -0.25) is 14.4 Å². The molecule has 7 nitrogen and oxygen atoms in total. The van der Waals surface area contributed by atoms with Crippen LogP contribution in [-0.4, -0.2) is 59.3 Å². The Kier molecular flexibility index (Phi) is 36.2. The van der Waals surface area contributed by atoms with Crippen molar-refractivity contribution in [3.05, 3.63) is 48.6 Å². The molecule has 1 heterocycles. The van der Waals surface area contributed by atoms with Gasteiger partial charge in [-0.1, -0.05) is 126 Å². The molecule has 1 aliphatic rings. The number of ether oxygens (including phenoxy) is 1. The number of aliphatic carboxylic acids is 2. The van der Waals surface area contributed by atoms with Crippen LogP contribution in [0.25, 0.3) is 0 Å². The van der Waals surface area contributed by atoms with Crippen LogP contribution in [0.5, 0.6) is 0 Å². The number of carboxylic acids is 2. The highest BCUT2D eigenvalue weighted by molar-refractivity contribution is 5.69. The molecule has 0 radical (unpaired) electrons. The van der Waals surface area contributed by atoms with Crippen LogP contribution in [0.2, 0.25) is 0 Å². The van der Waals surface area contributed by atoms with Crippen LogP contribution < -0.4 is 0 Å². The number of esters is 1. The second kappa shape index (κ2) is 39.6. The molecule has 0 aromatic heterocycles. The monoisotopic (exact) mass is 770 g/mol. The standard InChI is InChI=1S/C48H83NO6/c50-46(51)38-31-27-23-19-15-11-7-3-1-5-9-13-17-21-25-29-36-45(44-55-48(54)40-35-43-49-41-33-34-42-49)37-30-26-22-18-14-10-6-2-4-8-12-16-20-24-28-32-39-47(52)53/h3-10,45H,1-2,11-44H2,(H,50,51)(H,52,53)/b7-3-,8-4-,9-5-,10-6-. The Labute approximate surface area is 337 Å². The van der Waals surface area contributed by atoms with E-state index >= 15 is 0 Å². The maximum absolute atomic E-state index is 12.5. The highest BCUT2D eigenvalue weighted by atomic mass is 16.5. The summed E-state index contributed by atoms with van der Waals surface area (Å²) in [5, 5.41) is 17.4. The van der Waals surface area contributed by atoms with Crippen LogP contribution in [-0.2, 0) is 19.1 Å². The van der Waals surface area contributed by atoms with Crippen molar-refractivity contribution in [1.29, 1.82) is 0 Å². The van der Waals surface area contributed by atoms with Crippen LogP contribution in [0.3, 0.4) is 0 Å². The van der Waals surface area contributed by atoms with Crippen molar-refractivity contribution < 1.29 is 29.3 Å². The minimum Gasteiger partial charge on any atom is -0.481 e. The number of carbonyl (C=O) groups excluding carboxylic acids is 1. The summed E-state index contributed by atoms with van der Waals surface area (Å²) in [6.45, 7) is 3.98. The molecule has 0 saturated carbocycles. The molecule has 7 heteroatoms. The SMILES string of the molecule is O=C(O)CCCCCCC/C=C\C/C=C\CCCCCCC(CCCCCC/C=C\C/C=C\CCCCCCCC(=O)O)COC(=O)CCCN1CCCC1. The number of rotatable bonds is 40. The highest BCUT2D eigenvalue weighted by Gasteiger charge is 2.14. The zero-order valence-electron chi connectivity index (χ0n) is 35.1. The molecule has 1 saturated heterocycles. The quantitative estimate of drug-likeness (QED) is 0.0363. The normalized spacial score (nSPS) is 13.8. The molecule has 0 unspecified atom stereocenters. The summed E-state index contributed by atoms with van der Waals surface area (Å²) in [6.07, 6.45) is 52.5. The minimum atomic E-state index is -0.684. The van der Waals surface area contributed by atoms with Gasteiger partial charge in [-0.25, -0.2) is 0 Å². The van der Waals surface area contributed by atoms with E-state index in [9.17, 15) is 14.4 Å². The summed E-state index contributed by atoms with van der Waals surface area (Å²) < 4.78 is 5.83. The van der Waals surface area contributed by atoms with Gasteiger partial charge >= 0.3 is 17.9 Å². The van der Waals surface area contributed by atoms with Crippen LogP contribution in [0, 0.1) is 5.92 Å². The van der Waals surface area contributed by atoms with E-state index in [0.717, 1.165) is 103 Å². The Morgan fingerprint density at radius 3 is 1.27 bits per heavy atom. The van der Waals surface area contributed by atoms with Gasteiger partial charge in [0.05, 0.1) is 6.61 Å². The molecule has 1 fully saturated rings. The summed E-state index contributed by atoms with van der Waals surface area (Å²) in [4.78, 5) is 36.1. The zero-order valence-corrected chi connectivity index (χ0v) is 35.1. The van der Waals surface area contributed by atoms with Gasteiger partial charge in [0, 0.05) is 19.3 Å². The van der Waals surface area contributed by atoms with Crippen molar-refractivity contribution in [2.24, 2.45) is 5.92 Å². The molecule has 0 aromatic rings. The third kappa shape index (κ3) is 38.0. The lowest BCUT2D eigenvalue weighted by molar-refractivity contribution is -0.145. The third-order valence-corrected chi connectivity index (χ3v) is 10.7. The fourth-order valence-electron chi connectivity index (χ4n) is 7.30. The molecular weight excluding hydrogens is 687 g/mol. The Hall–Kier alpha value is -2.67. The Balaban J connectivity index is 2.15. The van der Waals surface area contributed by atoms with Gasteiger partial charge in [-0.2, -0.15) is 0 Å². The topological polar surface area (TPSA) is 104 Å². The molecule has 0 atom stereocenters. The predicted octanol–water partition coefficient (Wildman–Crippen LogP) is 13.3. The van der Waals surface area contributed by atoms with E-state index in [2.05, 4.69) is 53.5 Å². The zero-order chi connectivity index (χ0) is 39.7. The van der Waals surface area contributed by atoms with E-state index in [-0.39, 0.29) is 5.97 Å². The molecule has 0 aromatic carbocycles. The molecule has 0 spiro atoms. The van der Waals surface area contributed by atoms with Gasteiger partial charge in [0.25, 0.3) is 0 Å². The first-order valence-electron chi connectivity index (χ1n) is 22.9. The van der Waals surface area contributed by atoms with Crippen LogP contribution in [0.15, 0.2) is 48.6 Å². The number of hydrogen-bond donors (Lipinski definition) is 2. The van der Waals surface area contributed by atoms with Gasteiger partial charge in [0.2, 0.25) is 0 Å². The highest BCUT2D eigenvalue weighted by Crippen LogP contribution is 2.20. The van der Waals surface area contributed by atoms with Crippen molar-refractivity contribution >= 4 is 17.9 Å². The number of unbranched alkanes of at least 4 members (excludes halogenated alkanes) is 18. The Morgan fingerprint density at radius 1 is 0.473 bits per heavy atom. The fourth-order valence-corrected chi connectivity index (χ4v) is 7.30. The average molecular weight is 770 g/mol. The van der Waals surface area contributed by atoms with Crippen molar-refractivity contribution in [2.45, 2.75) is 205 Å². The minimum absolute atomic E-state index is 0.0117. The van der Waals surface area contributed by atoms with Gasteiger partial charge in [-0.05, 0) is 135 Å². The smallest absolute Gasteiger partial charge is 0.305 e. The van der Waals surface area contributed by atoms with Crippen LogP contribution in [0.1, 0.15) is 205 Å². The van der Waals surface area contributed by atoms with Crippen molar-refractivity contribution in [2.75, 3.05) is 26.2 Å². The van der Waals surface area contributed by atoms with Crippen LogP contribution >= 0.6 is 0 Å². The number of carbonyl (C=O) groups is 3. The molecule has 1 aliphatic heterocycles. The fraction of sp³-hybridized carbons (Fsp3) is 0.771. The summed E-state index contributed by atoms with van der Waals surface area (Å²) >= 11 is 0. The van der Waals surface area contributed by atoms with Gasteiger partial charge in [0.15, 0.2) is 0 Å². The predicted molar refractivity (Wildman–Crippen MR) is 230 cm³/mol. The van der Waals surface area contributed by atoms with E-state index in [0.29, 0.717) is 31.8 Å². The summed E-state index contributed by atoms with van der Waals surface area (Å²) in [7, 11) is 0. The number of nitrogens with zero attached hydrogens (tertiary/aromatic N) is 1. The van der Waals surface area contributed by atoms with Crippen molar-refractivity contribution in [3.8, 4) is 0 Å². The van der Waals surface area contributed by atoms with E-state index in [1.807, 2.05) is 0 Å². The van der Waals surface area contributed by atoms with E-state index < -0.39 is 11.9 Å². The second-order valence-electron chi connectivity index (χ2n) is 15.9.